The Labute approximate surface area is 112 Å². The Kier molecular flexibility index (Phi) is 3.32. The molecule has 1 heterocycles. The molecule has 1 saturated heterocycles. The molecule has 0 saturated carbocycles. The van der Waals surface area contributed by atoms with Crippen molar-refractivity contribution in [3.05, 3.63) is 71.5 Å². The monoisotopic (exact) mass is 256 g/mol. The topological polar surface area (TPSA) is 29.3 Å². The molecule has 2 aromatic carbocycles. The lowest BCUT2D eigenvalue weighted by Crippen LogP contribution is -2.56. The largest absolute Gasteiger partial charge is 0.325 e. The lowest BCUT2D eigenvalue weighted by atomic mass is 9.93. The van der Waals surface area contributed by atoms with Gasteiger partial charge in [0.2, 0.25) is 0 Å². The maximum Gasteiger partial charge on any atom is 0.123 e. The minimum Gasteiger partial charge on any atom is -0.325 e. The predicted molar refractivity (Wildman–Crippen MR) is 74.2 cm³/mol. The summed E-state index contributed by atoms with van der Waals surface area (Å²) >= 11 is 0. The lowest BCUT2D eigenvalue weighted by Gasteiger charge is -2.43. The first kappa shape index (κ1) is 12.3. The normalized spacial score (nSPS) is 18.0. The van der Waals surface area contributed by atoms with Gasteiger partial charge in [-0.2, -0.15) is 0 Å². The Morgan fingerprint density at radius 2 is 1.53 bits per heavy atom. The standard InChI is InChI=1S/C16H17FN2/c17-14-8-6-13(7-9-14)16(19-10-15(18)11-19)12-4-2-1-3-5-12/h1-9,15-16H,10-11,18H2. The molecule has 2 nitrogen and oxygen atoms in total. The van der Waals surface area contributed by atoms with Gasteiger partial charge in [-0.3, -0.25) is 4.90 Å². The van der Waals surface area contributed by atoms with Crippen LogP contribution in [0.1, 0.15) is 17.2 Å². The Morgan fingerprint density at radius 3 is 2.11 bits per heavy atom. The van der Waals surface area contributed by atoms with Gasteiger partial charge >= 0.3 is 0 Å². The first-order valence-electron chi connectivity index (χ1n) is 6.54. The number of halogens is 1. The van der Waals surface area contributed by atoms with E-state index in [0.29, 0.717) is 0 Å². The summed E-state index contributed by atoms with van der Waals surface area (Å²) in [5.41, 5.74) is 8.22. The van der Waals surface area contributed by atoms with Crippen LogP contribution in [0, 0.1) is 5.82 Å². The Bertz CT molecular complexity index is 532. The highest BCUT2D eigenvalue weighted by molar-refractivity contribution is 5.32. The minimum absolute atomic E-state index is 0.168. The highest BCUT2D eigenvalue weighted by Crippen LogP contribution is 2.31. The van der Waals surface area contributed by atoms with Gasteiger partial charge in [-0.15, -0.1) is 0 Å². The van der Waals surface area contributed by atoms with Crippen LogP contribution in [0.5, 0.6) is 0 Å². The summed E-state index contributed by atoms with van der Waals surface area (Å²) < 4.78 is 13.1. The summed E-state index contributed by atoms with van der Waals surface area (Å²) in [5, 5.41) is 0. The lowest BCUT2D eigenvalue weighted by molar-refractivity contribution is 0.114. The number of rotatable bonds is 3. The third-order valence-corrected chi connectivity index (χ3v) is 3.60. The van der Waals surface area contributed by atoms with Gasteiger partial charge in [0, 0.05) is 19.1 Å². The molecule has 3 heteroatoms. The maximum absolute atomic E-state index is 13.1. The third-order valence-electron chi connectivity index (χ3n) is 3.60. The van der Waals surface area contributed by atoms with Crippen molar-refractivity contribution in [3.8, 4) is 0 Å². The molecule has 0 spiro atoms. The fraction of sp³-hybridized carbons (Fsp3) is 0.250. The summed E-state index contributed by atoms with van der Waals surface area (Å²) in [5.74, 6) is -0.198. The van der Waals surface area contributed by atoms with Gasteiger partial charge in [-0.05, 0) is 23.3 Å². The van der Waals surface area contributed by atoms with Crippen molar-refractivity contribution in [3.63, 3.8) is 0 Å². The first-order valence-corrected chi connectivity index (χ1v) is 6.54. The van der Waals surface area contributed by atoms with Gasteiger partial charge < -0.3 is 5.73 Å². The molecule has 98 valence electrons. The van der Waals surface area contributed by atoms with E-state index < -0.39 is 0 Å². The van der Waals surface area contributed by atoms with E-state index in [-0.39, 0.29) is 17.9 Å². The Balaban J connectivity index is 1.95. The van der Waals surface area contributed by atoms with Crippen molar-refractivity contribution in [1.29, 1.82) is 0 Å². The average molecular weight is 256 g/mol. The number of benzene rings is 2. The van der Waals surface area contributed by atoms with Gasteiger partial charge in [0.25, 0.3) is 0 Å². The molecule has 2 N–H and O–H groups in total. The van der Waals surface area contributed by atoms with Gasteiger partial charge in [0.1, 0.15) is 5.82 Å². The molecule has 0 bridgehead atoms. The molecule has 19 heavy (non-hydrogen) atoms. The summed E-state index contributed by atoms with van der Waals surface area (Å²) in [6.07, 6.45) is 0. The molecule has 1 atom stereocenters. The van der Waals surface area contributed by atoms with E-state index in [0.717, 1.165) is 18.7 Å². The predicted octanol–water partition coefficient (Wildman–Crippen LogP) is 2.56. The van der Waals surface area contributed by atoms with Gasteiger partial charge in [0.05, 0.1) is 6.04 Å². The van der Waals surface area contributed by atoms with E-state index in [9.17, 15) is 4.39 Å². The van der Waals surface area contributed by atoms with Crippen LogP contribution in [0.4, 0.5) is 4.39 Å². The average Bonchev–Trinajstić information content (AvgIpc) is 2.40. The van der Waals surface area contributed by atoms with Crippen molar-refractivity contribution < 1.29 is 4.39 Å². The smallest absolute Gasteiger partial charge is 0.123 e. The second kappa shape index (κ2) is 5.11. The summed E-state index contributed by atoms with van der Waals surface area (Å²) in [7, 11) is 0. The molecule has 0 radical (unpaired) electrons. The minimum atomic E-state index is -0.198. The summed E-state index contributed by atoms with van der Waals surface area (Å²) in [6, 6.07) is 17.5. The van der Waals surface area contributed by atoms with E-state index in [1.165, 1.54) is 17.7 Å². The molecule has 3 rings (SSSR count). The van der Waals surface area contributed by atoms with Crippen LogP contribution in [-0.4, -0.2) is 24.0 Å². The third kappa shape index (κ3) is 2.53. The van der Waals surface area contributed by atoms with Gasteiger partial charge in [0.15, 0.2) is 0 Å². The van der Waals surface area contributed by atoms with Crippen molar-refractivity contribution in [1.82, 2.24) is 4.90 Å². The highest BCUT2D eigenvalue weighted by Gasteiger charge is 2.31. The summed E-state index contributed by atoms with van der Waals surface area (Å²) in [4.78, 5) is 2.33. The molecule has 0 amide bonds. The second-order valence-corrected chi connectivity index (χ2v) is 5.08. The van der Waals surface area contributed by atoms with Gasteiger partial charge in [-0.25, -0.2) is 4.39 Å². The van der Waals surface area contributed by atoms with Crippen LogP contribution < -0.4 is 5.73 Å². The van der Waals surface area contributed by atoms with Crippen LogP contribution in [0.3, 0.4) is 0 Å². The zero-order valence-electron chi connectivity index (χ0n) is 10.7. The Morgan fingerprint density at radius 1 is 0.947 bits per heavy atom. The highest BCUT2D eigenvalue weighted by atomic mass is 19.1. The molecular formula is C16H17FN2. The zero-order chi connectivity index (χ0) is 13.2. The van der Waals surface area contributed by atoms with E-state index in [2.05, 4.69) is 17.0 Å². The molecule has 1 aliphatic rings. The molecule has 1 unspecified atom stereocenters. The fourth-order valence-electron chi connectivity index (χ4n) is 2.65. The number of likely N-dealkylation sites (tertiary alicyclic amines) is 1. The zero-order valence-corrected chi connectivity index (χ0v) is 10.7. The molecule has 2 aromatic rings. The van der Waals surface area contributed by atoms with Crippen LogP contribution in [-0.2, 0) is 0 Å². The molecule has 1 aliphatic heterocycles. The quantitative estimate of drug-likeness (QED) is 0.914. The van der Waals surface area contributed by atoms with Crippen LogP contribution in [0.15, 0.2) is 54.6 Å². The van der Waals surface area contributed by atoms with Crippen LogP contribution >= 0.6 is 0 Å². The van der Waals surface area contributed by atoms with Crippen molar-refractivity contribution in [2.45, 2.75) is 12.1 Å². The number of nitrogens with two attached hydrogens (primary N) is 1. The van der Waals surface area contributed by atoms with E-state index >= 15 is 0 Å². The second-order valence-electron chi connectivity index (χ2n) is 5.08. The summed E-state index contributed by atoms with van der Waals surface area (Å²) in [6.45, 7) is 1.77. The maximum atomic E-state index is 13.1. The Hall–Kier alpha value is -1.71. The van der Waals surface area contributed by atoms with E-state index in [4.69, 9.17) is 5.73 Å². The molecule has 0 aromatic heterocycles. The number of hydrogen-bond acceptors (Lipinski definition) is 2. The fourth-order valence-corrected chi connectivity index (χ4v) is 2.65. The first-order chi connectivity index (χ1) is 9.24. The van der Waals surface area contributed by atoms with Crippen LogP contribution in [0.25, 0.3) is 0 Å². The van der Waals surface area contributed by atoms with Crippen molar-refractivity contribution in [2.24, 2.45) is 5.73 Å². The number of hydrogen-bond donors (Lipinski definition) is 1. The molecule has 1 fully saturated rings. The molecule has 0 aliphatic carbocycles. The van der Waals surface area contributed by atoms with E-state index in [1.54, 1.807) is 0 Å². The van der Waals surface area contributed by atoms with E-state index in [1.807, 2.05) is 30.3 Å². The van der Waals surface area contributed by atoms with Crippen molar-refractivity contribution in [2.75, 3.05) is 13.1 Å². The number of nitrogens with zero attached hydrogens (tertiary/aromatic N) is 1. The van der Waals surface area contributed by atoms with Gasteiger partial charge in [-0.1, -0.05) is 42.5 Å². The van der Waals surface area contributed by atoms with Crippen molar-refractivity contribution >= 4 is 0 Å². The SMILES string of the molecule is NC1CN(C(c2ccccc2)c2ccc(F)cc2)C1. The van der Waals surface area contributed by atoms with Crippen LogP contribution in [0.2, 0.25) is 0 Å². The molecular weight excluding hydrogens is 239 g/mol.